The zero-order valence-corrected chi connectivity index (χ0v) is 13.9. The van der Waals surface area contributed by atoms with Crippen molar-refractivity contribution in [2.45, 2.75) is 58.2 Å². The first-order chi connectivity index (χ1) is 10.8. The number of nitrogens with zero attached hydrogens (tertiary/aromatic N) is 1. The van der Waals surface area contributed by atoms with Crippen LogP contribution in [0.1, 0.15) is 40.0 Å². The molecular formula is C15H28N4O4. The molecule has 8 nitrogen and oxygen atoms in total. The number of hydrogen-bond acceptors (Lipinski definition) is 5. The van der Waals surface area contributed by atoms with Gasteiger partial charge in [0.15, 0.2) is 0 Å². The Kier molecular flexibility index (Phi) is 7.44. The van der Waals surface area contributed by atoms with Gasteiger partial charge in [0, 0.05) is 18.9 Å². The molecular weight excluding hydrogens is 300 g/mol. The van der Waals surface area contributed by atoms with Crippen molar-refractivity contribution in [2.24, 2.45) is 28.6 Å². The zero-order chi connectivity index (χ0) is 17.6. The molecule has 8 heteroatoms. The van der Waals surface area contributed by atoms with Crippen molar-refractivity contribution >= 4 is 18.2 Å². The van der Waals surface area contributed by atoms with Crippen LogP contribution in [0.25, 0.3) is 0 Å². The van der Waals surface area contributed by atoms with Gasteiger partial charge >= 0.3 is 5.97 Å². The molecule has 1 saturated carbocycles. The summed E-state index contributed by atoms with van der Waals surface area (Å²) >= 11 is 0. The average Bonchev–Trinajstić information content (AvgIpc) is 2.78. The van der Waals surface area contributed by atoms with E-state index in [0.29, 0.717) is 6.42 Å². The number of amides is 1. The summed E-state index contributed by atoms with van der Waals surface area (Å²) in [5.74, 6) is 3.10. The van der Waals surface area contributed by atoms with E-state index in [1.807, 2.05) is 13.8 Å². The summed E-state index contributed by atoms with van der Waals surface area (Å²) in [6, 6.07) is -0.355. The molecule has 0 spiro atoms. The highest BCUT2D eigenvalue weighted by Crippen LogP contribution is 2.39. The van der Waals surface area contributed by atoms with E-state index in [1.54, 1.807) is 0 Å². The number of aliphatic imine (C=N–C) groups is 1. The molecule has 1 rings (SSSR count). The fourth-order valence-corrected chi connectivity index (χ4v) is 3.47. The number of carbonyl (C=O) groups excluding carboxylic acids is 1. The number of rotatable bonds is 8. The maximum atomic E-state index is 11.3. The van der Waals surface area contributed by atoms with Crippen LogP contribution in [0, 0.1) is 17.8 Å². The maximum Gasteiger partial charge on any atom is 0.309 e. The van der Waals surface area contributed by atoms with Gasteiger partial charge in [0.25, 0.3) is 0 Å². The monoisotopic (exact) mass is 328 g/mol. The van der Waals surface area contributed by atoms with Crippen LogP contribution in [0.2, 0.25) is 0 Å². The molecule has 1 aliphatic carbocycles. The van der Waals surface area contributed by atoms with Gasteiger partial charge < -0.3 is 21.0 Å². The molecule has 132 valence electrons. The number of nitrogens with one attached hydrogen (secondary N) is 2. The normalized spacial score (nSPS) is 30.1. The summed E-state index contributed by atoms with van der Waals surface area (Å²) in [6.07, 6.45) is 2.06. The van der Waals surface area contributed by atoms with Gasteiger partial charge in [0.2, 0.25) is 5.91 Å². The second-order valence-electron chi connectivity index (χ2n) is 6.24. The third kappa shape index (κ3) is 5.18. The largest absolute Gasteiger partial charge is 0.481 e. The van der Waals surface area contributed by atoms with Crippen LogP contribution in [0.5, 0.6) is 0 Å². The Balaban J connectivity index is 2.88. The molecule has 6 N–H and O–H groups in total. The molecule has 1 aliphatic rings. The molecule has 0 heterocycles. The lowest BCUT2D eigenvalue weighted by molar-refractivity contribution is -0.145. The Bertz CT molecular complexity index is 443. The minimum Gasteiger partial charge on any atom is -0.481 e. The number of aliphatic hydroxyl groups excluding tert-OH is 1. The Morgan fingerprint density at radius 3 is 2.61 bits per heavy atom. The van der Waals surface area contributed by atoms with Crippen LogP contribution in [-0.2, 0) is 9.59 Å². The standard InChI is InChI=1S/C15H28N4O4/c1-4-10(8(2)19-9(3)20)5-11-13(17-7-18-16)6-12(14(11)21)15(22)23/h7-8,10-14,21H,4-6,16H2,1-3H3,(H,17,18)(H,19,20)(H,22,23). The van der Waals surface area contributed by atoms with Gasteiger partial charge in [-0.25, -0.2) is 5.84 Å². The van der Waals surface area contributed by atoms with Crippen LogP contribution in [0.4, 0.5) is 0 Å². The third-order valence-electron chi connectivity index (χ3n) is 4.74. The fraction of sp³-hybridized carbons (Fsp3) is 0.800. The molecule has 6 atom stereocenters. The Hall–Kier alpha value is -1.67. The summed E-state index contributed by atoms with van der Waals surface area (Å²) < 4.78 is 0. The number of aliphatic hydroxyl groups is 1. The molecule has 1 amide bonds. The average molecular weight is 328 g/mol. The van der Waals surface area contributed by atoms with E-state index in [2.05, 4.69) is 15.7 Å². The molecule has 0 radical (unpaired) electrons. The van der Waals surface area contributed by atoms with Gasteiger partial charge in [-0.05, 0) is 25.7 Å². The van der Waals surface area contributed by atoms with Crippen molar-refractivity contribution in [1.29, 1.82) is 0 Å². The maximum absolute atomic E-state index is 11.3. The third-order valence-corrected chi connectivity index (χ3v) is 4.74. The van der Waals surface area contributed by atoms with Gasteiger partial charge in [-0.15, -0.1) is 0 Å². The van der Waals surface area contributed by atoms with E-state index in [4.69, 9.17) is 5.84 Å². The van der Waals surface area contributed by atoms with Gasteiger partial charge in [-0.1, -0.05) is 13.3 Å². The molecule has 0 aromatic rings. The molecule has 0 bridgehead atoms. The SMILES string of the molecule is CCC(CC1C(N=CNN)CC(C(=O)O)C1O)C(C)NC(C)=O. The topological polar surface area (TPSA) is 137 Å². The van der Waals surface area contributed by atoms with Crippen molar-refractivity contribution in [3.8, 4) is 0 Å². The minimum absolute atomic E-state index is 0.0501. The van der Waals surface area contributed by atoms with Crippen LogP contribution in [0.15, 0.2) is 4.99 Å². The van der Waals surface area contributed by atoms with Crippen molar-refractivity contribution in [1.82, 2.24) is 10.7 Å². The highest BCUT2D eigenvalue weighted by Gasteiger charge is 2.46. The van der Waals surface area contributed by atoms with E-state index in [-0.39, 0.29) is 36.2 Å². The predicted octanol–water partition coefficient (Wildman–Crippen LogP) is -0.131. The van der Waals surface area contributed by atoms with Crippen molar-refractivity contribution in [3.05, 3.63) is 0 Å². The van der Waals surface area contributed by atoms with Crippen LogP contribution in [-0.4, -0.2) is 46.6 Å². The first kappa shape index (κ1) is 19.4. The van der Waals surface area contributed by atoms with Crippen LogP contribution in [0.3, 0.4) is 0 Å². The summed E-state index contributed by atoms with van der Waals surface area (Å²) in [4.78, 5) is 26.8. The number of hydrazine groups is 1. The Labute approximate surface area is 136 Å². The minimum atomic E-state index is -1.01. The van der Waals surface area contributed by atoms with E-state index in [9.17, 15) is 19.8 Å². The summed E-state index contributed by atoms with van der Waals surface area (Å²) in [5, 5.41) is 22.5. The fourth-order valence-electron chi connectivity index (χ4n) is 3.47. The molecule has 0 aromatic carbocycles. The molecule has 0 aliphatic heterocycles. The lowest BCUT2D eigenvalue weighted by Crippen LogP contribution is -2.39. The number of nitrogens with two attached hydrogens (primary N) is 1. The van der Waals surface area contributed by atoms with Crippen molar-refractivity contribution < 1.29 is 19.8 Å². The lowest BCUT2D eigenvalue weighted by Gasteiger charge is -2.29. The van der Waals surface area contributed by atoms with Gasteiger partial charge in [0.05, 0.1) is 24.4 Å². The molecule has 0 aromatic heterocycles. The number of carbonyl (C=O) groups is 2. The van der Waals surface area contributed by atoms with Crippen molar-refractivity contribution in [2.75, 3.05) is 0 Å². The second kappa shape index (κ2) is 8.83. The summed E-state index contributed by atoms with van der Waals surface area (Å²) in [5.41, 5.74) is 2.31. The first-order valence-corrected chi connectivity index (χ1v) is 7.97. The second-order valence-corrected chi connectivity index (χ2v) is 6.24. The smallest absolute Gasteiger partial charge is 0.309 e. The lowest BCUT2D eigenvalue weighted by atomic mass is 9.83. The van der Waals surface area contributed by atoms with E-state index < -0.39 is 18.0 Å². The number of carboxylic acid groups (broad SMARTS) is 1. The van der Waals surface area contributed by atoms with Gasteiger partial charge in [-0.3, -0.25) is 14.6 Å². The highest BCUT2D eigenvalue weighted by atomic mass is 16.4. The molecule has 6 unspecified atom stereocenters. The van der Waals surface area contributed by atoms with Gasteiger partial charge in [0.1, 0.15) is 0 Å². The van der Waals surface area contributed by atoms with E-state index >= 15 is 0 Å². The first-order valence-electron chi connectivity index (χ1n) is 7.97. The Morgan fingerprint density at radius 1 is 1.48 bits per heavy atom. The number of aliphatic carboxylic acids is 1. The van der Waals surface area contributed by atoms with Crippen LogP contribution < -0.4 is 16.6 Å². The van der Waals surface area contributed by atoms with E-state index in [0.717, 1.165) is 6.42 Å². The van der Waals surface area contributed by atoms with E-state index in [1.165, 1.54) is 13.3 Å². The number of carboxylic acids is 1. The molecule has 1 fully saturated rings. The quantitative estimate of drug-likeness (QED) is 0.182. The molecule has 0 saturated heterocycles. The van der Waals surface area contributed by atoms with Crippen LogP contribution >= 0.6 is 0 Å². The summed E-state index contributed by atoms with van der Waals surface area (Å²) in [7, 11) is 0. The van der Waals surface area contributed by atoms with Crippen molar-refractivity contribution in [3.63, 3.8) is 0 Å². The summed E-state index contributed by atoms with van der Waals surface area (Å²) in [6.45, 7) is 5.40. The molecule has 23 heavy (non-hydrogen) atoms. The Morgan fingerprint density at radius 2 is 2.13 bits per heavy atom. The zero-order valence-electron chi connectivity index (χ0n) is 13.9. The highest BCUT2D eigenvalue weighted by molar-refractivity contribution is 5.73. The van der Waals surface area contributed by atoms with Gasteiger partial charge in [-0.2, -0.15) is 0 Å². The number of hydrogen-bond donors (Lipinski definition) is 5. The predicted molar refractivity (Wildman–Crippen MR) is 86.5 cm³/mol.